The standard InChI is InChI=1S/C26H35N5O5S/c1-16-22(25(32)35-5)23(17(2)36-16)37(33,34)28-15-19-12-10-18(11-13-19)14-27-26-29-21-9-7-6-8-20(21)24(30-26)31(3)4/h6-9,18-19,28H,10-15H2,1-5H3,(H,27,29,30). The summed E-state index contributed by atoms with van der Waals surface area (Å²) in [7, 11) is 1.24. The Morgan fingerprint density at radius 1 is 1.05 bits per heavy atom. The number of hydrogen-bond donors (Lipinski definition) is 2. The summed E-state index contributed by atoms with van der Waals surface area (Å²) in [5.41, 5.74) is 0.855. The van der Waals surface area contributed by atoms with E-state index in [1.165, 1.54) is 14.0 Å². The first kappa shape index (κ1) is 26.9. The number of carbonyl (C=O) groups excluding carboxylic acids is 1. The number of benzene rings is 1. The van der Waals surface area contributed by atoms with Crippen LogP contribution in [0.3, 0.4) is 0 Å². The number of ether oxygens (including phenoxy) is 1. The van der Waals surface area contributed by atoms with Gasteiger partial charge in [0.05, 0.1) is 12.6 Å². The van der Waals surface area contributed by atoms with Crippen molar-refractivity contribution >= 4 is 38.7 Å². The van der Waals surface area contributed by atoms with Gasteiger partial charge in [-0.3, -0.25) is 0 Å². The summed E-state index contributed by atoms with van der Waals surface area (Å²) in [5, 5.41) is 4.42. The maximum Gasteiger partial charge on any atom is 0.342 e. The lowest BCUT2D eigenvalue weighted by molar-refractivity contribution is 0.0595. The van der Waals surface area contributed by atoms with E-state index in [-0.39, 0.29) is 27.9 Å². The lowest BCUT2D eigenvalue weighted by Gasteiger charge is -2.28. The normalized spacial score (nSPS) is 18.1. The molecule has 0 unspecified atom stereocenters. The van der Waals surface area contributed by atoms with Gasteiger partial charge in [0.15, 0.2) is 0 Å². The third-order valence-corrected chi connectivity index (χ3v) is 8.52. The number of nitrogens with one attached hydrogen (secondary N) is 2. The highest BCUT2D eigenvalue weighted by molar-refractivity contribution is 7.89. The number of aromatic nitrogens is 2. The molecule has 2 N–H and O–H groups in total. The number of hydrogen-bond acceptors (Lipinski definition) is 9. The van der Waals surface area contributed by atoms with Crippen molar-refractivity contribution < 1.29 is 22.4 Å². The van der Waals surface area contributed by atoms with Crippen LogP contribution in [0.15, 0.2) is 33.6 Å². The van der Waals surface area contributed by atoms with Gasteiger partial charge in [0, 0.05) is 32.6 Å². The van der Waals surface area contributed by atoms with Crippen molar-refractivity contribution in [2.24, 2.45) is 11.8 Å². The van der Waals surface area contributed by atoms with Gasteiger partial charge in [-0.15, -0.1) is 0 Å². The quantitative estimate of drug-likeness (QED) is 0.397. The van der Waals surface area contributed by atoms with E-state index in [4.69, 9.17) is 14.1 Å². The maximum absolute atomic E-state index is 13.0. The van der Waals surface area contributed by atoms with Gasteiger partial charge in [0.25, 0.3) is 0 Å². The highest BCUT2D eigenvalue weighted by atomic mass is 32.2. The number of anilines is 2. The van der Waals surface area contributed by atoms with Crippen molar-refractivity contribution in [3.8, 4) is 0 Å². The molecule has 0 aliphatic heterocycles. The van der Waals surface area contributed by atoms with Gasteiger partial charge < -0.3 is 19.4 Å². The fourth-order valence-corrected chi connectivity index (χ4v) is 6.50. The molecule has 4 rings (SSSR count). The third-order valence-electron chi connectivity index (χ3n) is 6.95. The number of nitrogens with zero attached hydrogens (tertiary/aromatic N) is 3. The average Bonchev–Trinajstić information content (AvgIpc) is 3.20. The van der Waals surface area contributed by atoms with E-state index in [1.807, 2.05) is 43.3 Å². The van der Waals surface area contributed by atoms with E-state index in [9.17, 15) is 13.2 Å². The van der Waals surface area contributed by atoms with Gasteiger partial charge >= 0.3 is 5.97 Å². The number of sulfonamides is 1. The molecule has 1 aliphatic carbocycles. The van der Waals surface area contributed by atoms with Crippen LogP contribution < -0.4 is 14.9 Å². The molecule has 1 fully saturated rings. The smallest absolute Gasteiger partial charge is 0.342 e. The molecule has 0 saturated heterocycles. The van der Waals surface area contributed by atoms with Crippen molar-refractivity contribution in [3.63, 3.8) is 0 Å². The van der Waals surface area contributed by atoms with Gasteiger partial charge in [0.1, 0.15) is 27.8 Å². The maximum atomic E-state index is 13.0. The van der Waals surface area contributed by atoms with Crippen LogP contribution in [0.4, 0.5) is 11.8 Å². The number of carbonyl (C=O) groups is 1. The van der Waals surface area contributed by atoms with Crippen molar-refractivity contribution in [3.05, 3.63) is 41.3 Å². The second-order valence-electron chi connectivity index (χ2n) is 9.81. The minimum absolute atomic E-state index is 0.0457. The number of methoxy groups -OCH3 is 1. The predicted molar refractivity (Wildman–Crippen MR) is 143 cm³/mol. The lowest BCUT2D eigenvalue weighted by atomic mass is 9.82. The topological polar surface area (TPSA) is 127 Å². The molecule has 200 valence electrons. The largest absolute Gasteiger partial charge is 0.465 e. The van der Waals surface area contributed by atoms with Crippen molar-refractivity contribution in [2.75, 3.05) is 44.5 Å². The summed E-state index contributed by atoms with van der Waals surface area (Å²) in [4.78, 5) is 23.4. The van der Waals surface area contributed by atoms with Crippen LogP contribution in [0, 0.1) is 25.7 Å². The summed E-state index contributed by atoms with van der Waals surface area (Å²) in [5.74, 6) is 1.84. The molecule has 0 bridgehead atoms. The van der Waals surface area contributed by atoms with Crippen molar-refractivity contribution in [1.29, 1.82) is 0 Å². The number of esters is 1. The molecular formula is C26H35N5O5S. The van der Waals surface area contributed by atoms with Gasteiger partial charge in [-0.05, 0) is 63.5 Å². The molecule has 37 heavy (non-hydrogen) atoms. The highest BCUT2D eigenvalue weighted by Gasteiger charge is 2.32. The molecule has 3 aromatic rings. The van der Waals surface area contributed by atoms with Gasteiger partial charge in [-0.1, -0.05) is 12.1 Å². The van der Waals surface area contributed by atoms with Crippen LogP contribution >= 0.6 is 0 Å². The van der Waals surface area contributed by atoms with Crippen LogP contribution in [0.25, 0.3) is 10.9 Å². The van der Waals surface area contributed by atoms with E-state index >= 15 is 0 Å². The number of furan rings is 1. The zero-order valence-corrected chi connectivity index (χ0v) is 22.8. The fourth-order valence-electron chi connectivity index (χ4n) is 4.98. The summed E-state index contributed by atoms with van der Waals surface area (Å²) in [6, 6.07) is 7.97. The van der Waals surface area contributed by atoms with Crippen LogP contribution in [-0.2, 0) is 14.8 Å². The van der Waals surface area contributed by atoms with Gasteiger partial charge in [0.2, 0.25) is 16.0 Å². The molecule has 0 amide bonds. The minimum Gasteiger partial charge on any atom is -0.465 e. The monoisotopic (exact) mass is 529 g/mol. The molecule has 0 atom stereocenters. The molecule has 0 spiro atoms. The van der Waals surface area contributed by atoms with E-state index in [1.54, 1.807) is 6.92 Å². The Morgan fingerprint density at radius 3 is 2.35 bits per heavy atom. The van der Waals surface area contributed by atoms with Crippen molar-refractivity contribution in [2.45, 2.75) is 44.4 Å². The van der Waals surface area contributed by atoms with Crippen LogP contribution in [0.5, 0.6) is 0 Å². The van der Waals surface area contributed by atoms with E-state index in [2.05, 4.69) is 15.0 Å². The Kier molecular flexibility index (Phi) is 8.03. The zero-order chi connectivity index (χ0) is 26.7. The van der Waals surface area contributed by atoms with Crippen LogP contribution in [-0.4, -0.2) is 58.6 Å². The molecule has 1 aliphatic rings. The Bertz CT molecular complexity index is 1380. The molecule has 2 heterocycles. The number of para-hydroxylation sites is 1. The van der Waals surface area contributed by atoms with Crippen molar-refractivity contribution in [1.82, 2.24) is 14.7 Å². The lowest BCUT2D eigenvalue weighted by Crippen LogP contribution is -2.33. The van der Waals surface area contributed by atoms with E-state index < -0.39 is 16.0 Å². The summed E-state index contributed by atoms with van der Waals surface area (Å²) < 4.78 is 38.9. The predicted octanol–water partition coefficient (Wildman–Crippen LogP) is 3.89. The second kappa shape index (κ2) is 11.1. The van der Waals surface area contributed by atoms with Crippen LogP contribution in [0.2, 0.25) is 0 Å². The second-order valence-corrected chi connectivity index (χ2v) is 11.5. The molecule has 11 heteroatoms. The summed E-state index contributed by atoms with van der Waals surface area (Å²) >= 11 is 0. The first-order valence-corrected chi connectivity index (χ1v) is 13.9. The number of aryl methyl sites for hydroxylation is 2. The first-order valence-electron chi connectivity index (χ1n) is 12.5. The summed E-state index contributed by atoms with van der Waals surface area (Å²) in [6.07, 6.45) is 3.77. The Morgan fingerprint density at radius 2 is 1.70 bits per heavy atom. The Balaban J connectivity index is 1.32. The molecular weight excluding hydrogens is 494 g/mol. The first-order chi connectivity index (χ1) is 17.6. The average molecular weight is 530 g/mol. The zero-order valence-electron chi connectivity index (χ0n) is 22.0. The Labute approximate surface area is 217 Å². The third kappa shape index (κ3) is 5.88. The SMILES string of the molecule is COC(=O)c1c(C)oc(C)c1S(=O)(=O)NCC1CCC(CNc2nc(N(C)C)c3ccccc3n2)CC1. The molecule has 0 radical (unpaired) electrons. The summed E-state index contributed by atoms with van der Waals surface area (Å²) in [6.45, 7) is 4.16. The number of fused-ring (bicyclic) bond motifs is 1. The minimum atomic E-state index is -3.92. The number of rotatable bonds is 9. The van der Waals surface area contributed by atoms with E-state index in [0.717, 1.165) is 48.9 Å². The van der Waals surface area contributed by atoms with Crippen LogP contribution in [0.1, 0.15) is 47.6 Å². The molecule has 2 aromatic heterocycles. The molecule has 10 nitrogen and oxygen atoms in total. The van der Waals surface area contributed by atoms with Gasteiger partial charge in [-0.25, -0.2) is 22.9 Å². The Hall–Kier alpha value is -3.18. The molecule has 1 saturated carbocycles. The fraction of sp³-hybridized carbons (Fsp3) is 0.500. The molecule has 1 aromatic carbocycles. The highest BCUT2D eigenvalue weighted by Crippen LogP contribution is 2.31. The van der Waals surface area contributed by atoms with Gasteiger partial charge in [-0.2, -0.15) is 4.98 Å². The van der Waals surface area contributed by atoms with E-state index in [0.29, 0.717) is 18.4 Å².